The highest BCUT2D eigenvalue weighted by Gasteiger charge is 2.11. The fourth-order valence-corrected chi connectivity index (χ4v) is 2.25. The number of rotatable bonds is 4. The van der Waals surface area contributed by atoms with E-state index in [-0.39, 0.29) is 5.69 Å². The summed E-state index contributed by atoms with van der Waals surface area (Å²) in [6, 6.07) is 5.00. The zero-order valence-electron chi connectivity index (χ0n) is 9.86. The highest BCUT2D eigenvalue weighted by atomic mass is 32.2. The Labute approximate surface area is 108 Å². The van der Waals surface area contributed by atoms with Crippen LogP contribution in [0, 0.1) is 11.6 Å². The molecule has 0 fully saturated rings. The number of nitrogen functional groups attached to an aromatic ring is 1. The second-order valence-electron chi connectivity index (χ2n) is 3.76. The van der Waals surface area contributed by atoms with E-state index in [1.165, 1.54) is 16.8 Å². The van der Waals surface area contributed by atoms with E-state index in [9.17, 15) is 8.78 Å². The van der Waals surface area contributed by atoms with Gasteiger partial charge >= 0.3 is 0 Å². The number of hydrogen-bond acceptors (Lipinski definition) is 3. The number of thioether (sulfide) groups is 1. The molecule has 0 radical (unpaired) electrons. The van der Waals surface area contributed by atoms with Crippen LogP contribution < -0.4 is 5.73 Å². The fraction of sp³-hybridized carbons (Fsp3) is 0.250. The van der Waals surface area contributed by atoms with Crippen LogP contribution in [-0.2, 0) is 0 Å². The quantitative estimate of drug-likeness (QED) is 0.867. The van der Waals surface area contributed by atoms with Gasteiger partial charge in [0.05, 0.1) is 0 Å². The number of hydrogen-bond donors (Lipinski definition) is 1. The van der Waals surface area contributed by atoms with Crippen molar-refractivity contribution in [2.75, 3.05) is 11.5 Å². The van der Waals surface area contributed by atoms with Crippen molar-refractivity contribution in [2.24, 2.45) is 0 Å². The molecule has 0 amide bonds. The lowest BCUT2D eigenvalue weighted by molar-refractivity contribution is 0.573. The van der Waals surface area contributed by atoms with Crippen LogP contribution >= 0.6 is 11.8 Å². The van der Waals surface area contributed by atoms with E-state index in [4.69, 9.17) is 5.73 Å². The van der Waals surface area contributed by atoms with Crippen molar-refractivity contribution in [2.45, 2.75) is 18.4 Å². The van der Waals surface area contributed by atoms with Crippen LogP contribution in [-0.4, -0.2) is 15.5 Å². The Morgan fingerprint density at radius 2 is 2.11 bits per heavy atom. The molecule has 0 saturated carbocycles. The summed E-state index contributed by atoms with van der Waals surface area (Å²) < 4.78 is 27.7. The monoisotopic (exact) mass is 269 g/mol. The Morgan fingerprint density at radius 1 is 1.33 bits per heavy atom. The maximum atomic E-state index is 13.6. The molecule has 2 rings (SSSR count). The largest absolute Gasteiger partial charge is 0.384 e. The average molecular weight is 269 g/mol. The zero-order chi connectivity index (χ0) is 13.1. The molecule has 0 saturated heterocycles. The van der Waals surface area contributed by atoms with E-state index in [0.29, 0.717) is 5.82 Å². The molecule has 96 valence electrons. The maximum Gasteiger partial charge on any atom is 0.151 e. The van der Waals surface area contributed by atoms with Gasteiger partial charge in [-0.15, -0.1) is 11.8 Å². The Balaban J connectivity index is 2.35. The van der Waals surface area contributed by atoms with E-state index in [2.05, 4.69) is 12.0 Å². The molecule has 2 N–H and O–H groups in total. The summed E-state index contributed by atoms with van der Waals surface area (Å²) in [5, 5.41) is 4.93. The third kappa shape index (κ3) is 2.64. The predicted molar refractivity (Wildman–Crippen MR) is 68.9 cm³/mol. The van der Waals surface area contributed by atoms with E-state index in [1.807, 2.05) is 0 Å². The molecule has 0 spiro atoms. The molecule has 1 aromatic heterocycles. The fourth-order valence-electron chi connectivity index (χ4n) is 1.50. The van der Waals surface area contributed by atoms with Crippen LogP contribution in [0.4, 0.5) is 14.6 Å². The van der Waals surface area contributed by atoms with Crippen molar-refractivity contribution in [1.82, 2.24) is 9.78 Å². The minimum absolute atomic E-state index is 0.150. The molecule has 0 aliphatic rings. The summed E-state index contributed by atoms with van der Waals surface area (Å²) in [5.41, 5.74) is 5.93. The number of anilines is 1. The van der Waals surface area contributed by atoms with E-state index in [0.717, 1.165) is 23.3 Å². The summed E-state index contributed by atoms with van der Waals surface area (Å²) >= 11 is 1.55. The van der Waals surface area contributed by atoms with Crippen LogP contribution in [0.1, 0.15) is 13.3 Å². The Morgan fingerprint density at radius 3 is 2.78 bits per heavy atom. The van der Waals surface area contributed by atoms with Crippen LogP contribution in [0.15, 0.2) is 29.3 Å². The van der Waals surface area contributed by atoms with Gasteiger partial charge in [0, 0.05) is 12.1 Å². The third-order valence-corrected chi connectivity index (χ3v) is 3.41. The number of aromatic nitrogens is 2. The number of nitrogens with zero attached hydrogens (tertiary/aromatic N) is 2. The van der Waals surface area contributed by atoms with E-state index >= 15 is 0 Å². The summed E-state index contributed by atoms with van der Waals surface area (Å²) in [5.74, 6) is -0.0546. The second-order valence-corrected chi connectivity index (χ2v) is 4.88. The first-order valence-corrected chi connectivity index (χ1v) is 6.54. The first-order valence-electron chi connectivity index (χ1n) is 5.55. The van der Waals surface area contributed by atoms with Crippen molar-refractivity contribution in [3.63, 3.8) is 0 Å². The summed E-state index contributed by atoms with van der Waals surface area (Å²) in [6.07, 6.45) is 1.02. The molecule has 0 bridgehead atoms. The van der Waals surface area contributed by atoms with Gasteiger partial charge in [-0.05, 0) is 24.3 Å². The molecule has 0 aliphatic heterocycles. The van der Waals surface area contributed by atoms with Crippen LogP contribution in [0.2, 0.25) is 0 Å². The Hall–Kier alpha value is -1.56. The average Bonchev–Trinajstić information content (AvgIpc) is 2.68. The molecule has 1 aromatic carbocycles. The van der Waals surface area contributed by atoms with Gasteiger partial charge in [-0.1, -0.05) is 6.92 Å². The third-order valence-electron chi connectivity index (χ3n) is 2.31. The highest BCUT2D eigenvalue weighted by Crippen LogP contribution is 2.24. The van der Waals surface area contributed by atoms with Gasteiger partial charge < -0.3 is 5.73 Å². The standard InChI is InChI=1S/C12H13F2N3S/c1-2-5-18-12-7-11(15)17(16-12)10-4-3-8(13)6-9(10)14/h3-4,6-7H,2,5,15H2,1H3. The molecule has 18 heavy (non-hydrogen) atoms. The Bertz CT molecular complexity index is 554. The van der Waals surface area contributed by atoms with Gasteiger partial charge in [0.1, 0.15) is 22.3 Å². The lowest BCUT2D eigenvalue weighted by Crippen LogP contribution is -2.04. The van der Waals surface area contributed by atoms with Gasteiger partial charge in [-0.3, -0.25) is 0 Å². The van der Waals surface area contributed by atoms with Crippen molar-refractivity contribution in [3.8, 4) is 5.69 Å². The summed E-state index contributed by atoms with van der Waals surface area (Å²) in [7, 11) is 0. The number of benzene rings is 1. The van der Waals surface area contributed by atoms with Gasteiger partial charge in [0.2, 0.25) is 0 Å². The summed E-state index contributed by atoms with van der Waals surface area (Å²) in [4.78, 5) is 0. The van der Waals surface area contributed by atoms with Gasteiger partial charge in [0.25, 0.3) is 0 Å². The van der Waals surface area contributed by atoms with Gasteiger partial charge in [0.15, 0.2) is 5.82 Å². The number of halogens is 2. The van der Waals surface area contributed by atoms with Crippen molar-refractivity contribution in [1.29, 1.82) is 0 Å². The van der Waals surface area contributed by atoms with Gasteiger partial charge in [-0.2, -0.15) is 5.10 Å². The molecule has 6 heteroatoms. The lowest BCUT2D eigenvalue weighted by atomic mass is 10.3. The molecule has 0 aliphatic carbocycles. The number of nitrogens with two attached hydrogens (primary N) is 1. The minimum Gasteiger partial charge on any atom is -0.384 e. The lowest BCUT2D eigenvalue weighted by Gasteiger charge is -2.04. The summed E-state index contributed by atoms with van der Waals surface area (Å²) in [6.45, 7) is 2.06. The Kier molecular flexibility index (Phi) is 3.86. The molecule has 2 aromatic rings. The van der Waals surface area contributed by atoms with Crippen molar-refractivity contribution < 1.29 is 8.78 Å². The van der Waals surface area contributed by atoms with E-state index < -0.39 is 11.6 Å². The smallest absolute Gasteiger partial charge is 0.151 e. The molecule has 3 nitrogen and oxygen atoms in total. The maximum absolute atomic E-state index is 13.6. The second kappa shape index (κ2) is 5.39. The molecule has 1 heterocycles. The zero-order valence-corrected chi connectivity index (χ0v) is 10.7. The topological polar surface area (TPSA) is 43.8 Å². The first kappa shape index (κ1) is 12.9. The van der Waals surface area contributed by atoms with Crippen molar-refractivity contribution >= 4 is 17.6 Å². The van der Waals surface area contributed by atoms with E-state index in [1.54, 1.807) is 17.8 Å². The molecular weight excluding hydrogens is 256 g/mol. The highest BCUT2D eigenvalue weighted by molar-refractivity contribution is 7.99. The van der Waals surface area contributed by atoms with Crippen LogP contribution in [0.25, 0.3) is 5.69 Å². The van der Waals surface area contributed by atoms with Crippen LogP contribution in [0.3, 0.4) is 0 Å². The predicted octanol–water partition coefficient (Wildman–Crippen LogP) is 3.23. The normalized spacial score (nSPS) is 10.8. The van der Waals surface area contributed by atoms with Crippen LogP contribution in [0.5, 0.6) is 0 Å². The molecular formula is C12H13F2N3S. The molecule has 0 unspecified atom stereocenters. The van der Waals surface area contributed by atoms with Crippen molar-refractivity contribution in [3.05, 3.63) is 35.9 Å². The van der Waals surface area contributed by atoms with Gasteiger partial charge in [-0.25, -0.2) is 13.5 Å². The molecule has 0 atom stereocenters. The minimum atomic E-state index is -0.683. The SMILES string of the molecule is CCCSc1cc(N)n(-c2ccc(F)cc2F)n1. The first-order chi connectivity index (χ1) is 8.61.